The first-order chi connectivity index (χ1) is 11.3. The highest BCUT2D eigenvalue weighted by atomic mass is 15.2. The molecule has 0 fully saturated rings. The van der Waals surface area contributed by atoms with Crippen molar-refractivity contribution in [1.82, 2.24) is 25.1 Å². The molecule has 2 aromatic heterocycles. The van der Waals surface area contributed by atoms with E-state index in [1.54, 1.807) is 4.68 Å². The Balaban J connectivity index is 1.53. The molecule has 2 N–H and O–H groups in total. The standard InChI is InChI=1S/C17H18N6/c1-23-11-14(10-20-23)12-2-4-15(5-3-12)21-17-19-9-13-8-18-7-6-16(13)22-17/h2-5,9-11,18H,6-8H2,1H3,(H,19,21,22). The Hall–Kier alpha value is -2.73. The number of anilines is 2. The molecule has 0 amide bonds. The first kappa shape index (κ1) is 13.9. The van der Waals surface area contributed by atoms with E-state index in [9.17, 15) is 0 Å². The fourth-order valence-electron chi connectivity index (χ4n) is 2.74. The highest BCUT2D eigenvalue weighted by molar-refractivity contribution is 5.66. The predicted octanol–water partition coefficient (Wildman–Crippen LogP) is 2.27. The monoisotopic (exact) mass is 306 g/mol. The van der Waals surface area contributed by atoms with Crippen LogP contribution in [0.2, 0.25) is 0 Å². The fraction of sp³-hybridized carbons (Fsp3) is 0.235. The van der Waals surface area contributed by atoms with Gasteiger partial charge in [-0.15, -0.1) is 0 Å². The molecule has 1 aromatic carbocycles. The van der Waals surface area contributed by atoms with Crippen LogP contribution in [0.15, 0.2) is 42.9 Å². The SMILES string of the molecule is Cn1cc(-c2ccc(Nc3ncc4c(n3)CCNC4)cc2)cn1. The second kappa shape index (κ2) is 5.81. The van der Waals surface area contributed by atoms with E-state index < -0.39 is 0 Å². The molecule has 1 aliphatic rings. The van der Waals surface area contributed by atoms with Crippen molar-refractivity contribution in [3.63, 3.8) is 0 Å². The predicted molar refractivity (Wildman–Crippen MR) is 89.4 cm³/mol. The van der Waals surface area contributed by atoms with Gasteiger partial charge in [0.1, 0.15) is 0 Å². The van der Waals surface area contributed by atoms with Gasteiger partial charge in [-0.3, -0.25) is 4.68 Å². The van der Waals surface area contributed by atoms with Crippen molar-refractivity contribution in [2.75, 3.05) is 11.9 Å². The molecule has 0 atom stereocenters. The van der Waals surface area contributed by atoms with E-state index in [1.165, 1.54) is 5.56 Å². The summed E-state index contributed by atoms with van der Waals surface area (Å²) in [5, 5.41) is 10.8. The van der Waals surface area contributed by atoms with Gasteiger partial charge in [0.15, 0.2) is 0 Å². The maximum atomic E-state index is 4.62. The van der Waals surface area contributed by atoms with Gasteiger partial charge >= 0.3 is 0 Å². The van der Waals surface area contributed by atoms with Crippen molar-refractivity contribution in [2.24, 2.45) is 7.05 Å². The van der Waals surface area contributed by atoms with Gasteiger partial charge in [-0.25, -0.2) is 9.97 Å². The third-order valence-corrected chi connectivity index (χ3v) is 3.99. The summed E-state index contributed by atoms with van der Waals surface area (Å²) in [6.45, 7) is 1.83. The Morgan fingerprint density at radius 1 is 1.13 bits per heavy atom. The van der Waals surface area contributed by atoms with Crippen molar-refractivity contribution in [1.29, 1.82) is 0 Å². The number of rotatable bonds is 3. The Morgan fingerprint density at radius 3 is 2.78 bits per heavy atom. The maximum absolute atomic E-state index is 4.62. The highest BCUT2D eigenvalue weighted by Gasteiger charge is 2.11. The van der Waals surface area contributed by atoms with E-state index in [0.29, 0.717) is 5.95 Å². The normalized spacial score (nSPS) is 13.6. The van der Waals surface area contributed by atoms with E-state index >= 15 is 0 Å². The molecule has 0 bridgehead atoms. The molecular formula is C17H18N6. The topological polar surface area (TPSA) is 67.7 Å². The summed E-state index contributed by atoms with van der Waals surface area (Å²) in [5.41, 5.74) is 5.55. The van der Waals surface area contributed by atoms with Gasteiger partial charge in [0.25, 0.3) is 0 Å². The van der Waals surface area contributed by atoms with E-state index in [4.69, 9.17) is 0 Å². The smallest absolute Gasteiger partial charge is 0.227 e. The lowest BCUT2D eigenvalue weighted by Gasteiger charge is -2.16. The molecule has 3 heterocycles. The quantitative estimate of drug-likeness (QED) is 0.777. The van der Waals surface area contributed by atoms with Crippen LogP contribution < -0.4 is 10.6 Å². The molecule has 1 aliphatic heterocycles. The van der Waals surface area contributed by atoms with Crippen LogP contribution in [0.1, 0.15) is 11.3 Å². The molecule has 0 aliphatic carbocycles. The molecular weight excluding hydrogens is 288 g/mol. The minimum absolute atomic E-state index is 0.653. The van der Waals surface area contributed by atoms with E-state index in [2.05, 4.69) is 37.8 Å². The van der Waals surface area contributed by atoms with E-state index in [0.717, 1.165) is 42.0 Å². The molecule has 3 aromatic rings. The van der Waals surface area contributed by atoms with Gasteiger partial charge in [-0.1, -0.05) is 12.1 Å². The molecule has 0 saturated heterocycles. The average molecular weight is 306 g/mol. The number of aryl methyl sites for hydroxylation is 1. The van der Waals surface area contributed by atoms with Crippen LogP contribution >= 0.6 is 0 Å². The molecule has 23 heavy (non-hydrogen) atoms. The maximum Gasteiger partial charge on any atom is 0.227 e. The molecule has 0 radical (unpaired) electrons. The van der Waals surface area contributed by atoms with Crippen molar-refractivity contribution in [2.45, 2.75) is 13.0 Å². The average Bonchev–Trinajstić information content (AvgIpc) is 3.02. The summed E-state index contributed by atoms with van der Waals surface area (Å²) < 4.78 is 1.80. The number of fused-ring (bicyclic) bond motifs is 1. The molecule has 0 unspecified atom stereocenters. The Bertz CT molecular complexity index is 821. The minimum atomic E-state index is 0.653. The summed E-state index contributed by atoms with van der Waals surface area (Å²) in [6, 6.07) is 8.21. The number of nitrogens with one attached hydrogen (secondary N) is 2. The van der Waals surface area contributed by atoms with Gasteiger partial charge in [0, 0.05) is 55.8 Å². The molecule has 4 rings (SSSR count). The molecule has 116 valence electrons. The largest absolute Gasteiger partial charge is 0.324 e. The van der Waals surface area contributed by atoms with Crippen molar-refractivity contribution in [3.05, 3.63) is 54.1 Å². The number of hydrogen-bond acceptors (Lipinski definition) is 5. The number of aromatic nitrogens is 4. The summed E-state index contributed by atoms with van der Waals surface area (Å²) in [7, 11) is 1.92. The zero-order valence-electron chi connectivity index (χ0n) is 13.0. The van der Waals surface area contributed by atoms with Gasteiger partial charge < -0.3 is 10.6 Å². The number of benzene rings is 1. The summed E-state index contributed by atoms with van der Waals surface area (Å²) in [4.78, 5) is 9.01. The summed E-state index contributed by atoms with van der Waals surface area (Å²) >= 11 is 0. The molecule has 0 spiro atoms. The lowest BCUT2D eigenvalue weighted by Crippen LogP contribution is -2.25. The van der Waals surface area contributed by atoms with Crippen LogP contribution in [-0.2, 0) is 20.0 Å². The first-order valence-electron chi connectivity index (χ1n) is 7.69. The number of nitrogens with zero attached hydrogens (tertiary/aromatic N) is 4. The lowest BCUT2D eigenvalue weighted by atomic mass is 10.1. The van der Waals surface area contributed by atoms with Crippen molar-refractivity contribution in [3.8, 4) is 11.1 Å². The van der Waals surface area contributed by atoms with Gasteiger partial charge in [-0.05, 0) is 17.7 Å². The van der Waals surface area contributed by atoms with Crippen LogP contribution in [0.4, 0.5) is 11.6 Å². The van der Waals surface area contributed by atoms with Crippen LogP contribution in [0.5, 0.6) is 0 Å². The van der Waals surface area contributed by atoms with Crippen molar-refractivity contribution < 1.29 is 0 Å². The van der Waals surface area contributed by atoms with Crippen LogP contribution in [-0.4, -0.2) is 26.3 Å². The van der Waals surface area contributed by atoms with Crippen LogP contribution in [0.3, 0.4) is 0 Å². The summed E-state index contributed by atoms with van der Waals surface area (Å²) in [6.07, 6.45) is 6.72. The van der Waals surface area contributed by atoms with E-state index in [-0.39, 0.29) is 0 Å². The Morgan fingerprint density at radius 2 is 2.00 bits per heavy atom. The lowest BCUT2D eigenvalue weighted by molar-refractivity contribution is 0.627. The van der Waals surface area contributed by atoms with Crippen molar-refractivity contribution >= 4 is 11.6 Å². The highest BCUT2D eigenvalue weighted by Crippen LogP contribution is 2.22. The Labute approximate surface area is 134 Å². The third kappa shape index (κ3) is 2.93. The Kier molecular flexibility index (Phi) is 3.51. The zero-order valence-corrected chi connectivity index (χ0v) is 13.0. The van der Waals surface area contributed by atoms with Gasteiger partial charge in [-0.2, -0.15) is 5.10 Å². The zero-order chi connectivity index (χ0) is 15.6. The first-order valence-corrected chi connectivity index (χ1v) is 7.69. The minimum Gasteiger partial charge on any atom is -0.324 e. The molecule has 6 nitrogen and oxygen atoms in total. The van der Waals surface area contributed by atoms with Gasteiger partial charge in [0.05, 0.1) is 11.9 Å². The molecule has 0 saturated carbocycles. The van der Waals surface area contributed by atoms with E-state index in [1.807, 2.05) is 37.8 Å². The second-order valence-electron chi connectivity index (χ2n) is 5.70. The molecule has 6 heteroatoms. The van der Waals surface area contributed by atoms with Crippen LogP contribution in [0.25, 0.3) is 11.1 Å². The second-order valence-corrected chi connectivity index (χ2v) is 5.70. The third-order valence-electron chi connectivity index (χ3n) is 3.99. The van der Waals surface area contributed by atoms with Crippen LogP contribution in [0, 0.1) is 0 Å². The summed E-state index contributed by atoms with van der Waals surface area (Å²) in [5.74, 6) is 0.653. The number of hydrogen-bond donors (Lipinski definition) is 2. The van der Waals surface area contributed by atoms with Gasteiger partial charge in [0.2, 0.25) is 5.95 Å². The fourth-order valence-corrected chi connectivity index (χ4v) is 2.74.